The van der Waals surface area contributed by atoms with Gasteiger partial charge in [0, 0.05) is 0 Å². The molecule has 3 nitrogen and oxygen atoms in total. The molecule has 20 heavy (non-hydrogen) atoms. The van der Waals surface area contributed by atoms with Gasteiger partial charge in [-0.1, -0.05) is 27.7 Å². The quantitative estimate of drug-likeness (QED) is 0.809. The van der Waals surface area contributed by atoms with Gasteiger partial charge < -0.3 is 4.74 Å². The number of nitrogens with zero attached hydrogens (tertiary/aromatic N) is 1. The summed E-state index contributed by atoms with van der Waals surface area (Å²) < 4.78 is 6.21. The molecule has 0 aromatic rings. The molecule has 0 amide bonds. The van der Waals surface area contributed by atoms with E-state index in [1.54, 1.807) is 0 Å². The predicted octanol–water partition coefficient (Wildman–Crippen LogP) is 3.50. The monoisotopic (exact) mass is 278 g/mol. The maximum Gasteiger partial charge on any atom is 0.133 e. The third kappa shape index (κ3) is 3.74. The summed E-state index contributed by atoms with van der Waals surface area (Å²) in [6.07, 6.45) is 6.19. The van der Waals surface area contributed by atoms with Gasteiger partial charge in [-0.3, -0.25) is 5.32 Å². The molecular formula is C17H30N2O. The Labute approximate surface area is 124 Å². The van der Waals surface area contributed by atoms with Crippen molar-refractivity contribution in [3.8, 4) is 6.07 Å². The molecule has 3 heteroatoms. The fraction of sp³-hybridized carbons (Fsp3) is 0.941. The first kappa shape index (κ1) is 15.8. The van der Waals surface area contributed by atoms with E-state index >= 15 is 0 Å². The van der Waals surface area contributed by atoms with Crippen LogP contribution in [0, 0.1) is 28.6 Å². The van der Waals surface area contributed by atoms with Crippen LogP contribution >= 0.6 is 0 Å². The Morgan fingerprint density at radius 3 is 2.55 bits per heavy atom. The summed E-state index contributed by atoms with van der Waals surface area (Å²) in [5.41, 5.74) is -0.0744. The second-order valence-electron chi connectivity index (χ2n) is 7.73. The van der Waals surface area contributed by atoms with Crippen molar-refractivity contribution in [1.82, 2.24) is 5.32 Å². The molecule has 0 bridgehead atoms. The molecule has 0 aromatic heterocycles. The van der Waals surface area contributed by atoms with E-state index in [-0.39, 0.29) is 0 Å². The molecule has 1 N–H and O–H groups in total. The summed E-state index contributed by atoms with van der Waals surface area (Å²) in [6.45, 7) is 10.4. The summed E-state index contributed by atoms with van der Waals surface area (Å²) in [6, 6.07) is 2.51. The van der Waals surface area contributed by atoms with Gasteiger partial charge in [0.1, 0.15) is 5.54 Å². The number of rotatable bonds is 6. The average Bonchev–Trinajstić information content (AvgIpc) is 3.16. The van der Waals surface area contributed by atoms with Crippen LogP contribution in [-0.2, 0) is 4.74 Å². The highest BCUT2D eigenvalue weighted by Gasteiger charge is 2.46. The first-order chi connectivity index (χ1) is 9.41. The third-order valence-corrected chi connectivity index (χ3v) is 4.86. The van der Waals surface area contributed by atoms with Crippen LogP contribution in [0.25, 0.3) is 0 Å². The molecule has 0 radical (unpaired) electrons. The Morgan fingerprint density at radius 2 is 2.05 bits per heavy atom. The molecule has 2 rings (SSSR count). The molecule has 2 saturated carbocycles. The van der Waals surface area contributed by atoms with Gasteiger partial charge in [0.25, 0.3) is 0 Å². The zero-order valence-corrected chi connectivity index (χ0v) is 13.5. The van der Waals surface area contributed by atoms with Gasteiger partial charge >= 0.3 is 0 Å². The zero-order valence-electron chi connectivity index (χ0n) is 13.5. The van der Waals surface area contributed by atoms with E-state index < -0.39 is 5.54 Å². The fourth-order valence-corrected chi connectivity index (χ4v) is 4.00. The van der Waals surface area contributed by atoms with E-state index in [4.69, 9.17) is 4.74 Å². The van der Waals surface area contributed by atoms with Crippen molar-refractivity contribution >= 4 is 0 Å². The van der Waals surface area contributed by atoms with Crippen molar-refractivity contribution < 1.29 is 4.74 Å². The van der Waals surface area contributed by atoms with E-state index in [0.29, 0.717) is 24.0 Å². The topological polar surface area (TPSA) is 45.0 Å². The summed E-state index contributed by atoms with van der Waals surface area (Å²) >= 11 is 0. The van der Waals surface area contributed by atoms with Crippen LogP contribution in [0.15, 0.2) is 0 Å². The summed E-state index contributed by atoms with van der Waals surface area (Å²) in [7, 11) is 0. The van der Waals surface area contributed by atoms with Gasteiger partial charge in [0.15, 0.2) is 0 Å². The SMILES string of the molecule is CCNC(C#N)(COC1CC(C)CC(C)(C)C1)C1CC1. The van der Waals surface area contributed by atoms with Gasteiger partial charge in [-0.05, 0) is 55.9 Å². The molecule has 3 atom stereocenters. The Kier molecular flexibility index (Phi) is 4.76. The Morgan fingerprint density at radius 1 is 1.35 bits per heavy atom. The van der Waals surface area contributed by atoms with Gasteiger partial charge in [-0.15, -0.1) is 0 Å². The van der Waals surface area contributed by atoms with E-state index in [1.807, 2.05) is 0 Å². The van der Waals surface area contributed by atoms with Crippen molar-refractivity contribution in [2.24, 2.45) is 17.3 Å². The second-order valence-corrected chi connectivity index (χ2v) is 7.73. The molecule has 0 aliphatic heterocycles. The molecular weight excluding hydrogens is 248 g/mol. The first-order valence-corrected chi connectivity index (χ1v) is 8.18. The smallest absolute Gasteiger partial charge is 0.133 e. The van der Waals surface area contributed by atoms with Crippen molar-refractivity contribution in [2.45, 2.75) is 71.4 Å². The standard InChI is InChI=1S/C17H30N2O/c1-5-19-17(11-18,14-6-7-14)12-20-15-8-13(2)9-16(3,4)10-15/h13-15,19H,5-10,12H2,1-4H3. The molecule has 2 aliphatic rings. The predicted molar refractivity (Wildman–Crippen MR) is 81.3 cm³/mol. The number of ether oxygens (including phenoxy) is 1. The van der Waals surface area contributed by atoms with Crippen LogP contribution < -0.4 is 5.32 Å². The van der Waals surface area contributed by atoms with Crippen molar-refractivity contribution in [3.05, 3.63) is 0 Å². The summed E-state index contributed by atoms with van der Waals surface area (Å²) in [5, 5.41) is 13.0. The highest BCUT2D eigenvalue weighted by molar-refractivity contribution is 5.15. The van der Waals surface area contributed by atoms with Gasteiger partial charge in [-0.25, -0.2) is 0 Å². The zero-order chi connectivity index (χ0) is 14.8. The highest BCUT2D eigenvalue weighted by Crippen LogP contribution is 2.42. The normalized spacial score (nSPS) is 32.4. The minimum Gasteiger partial charge on any atom is -0.375 e. The molecule has 114 valence electrons. The minimum absolute atomic E-state index is 0.318. The first-order valence-electron chi connectivity index (χ1n) is 8.18. The van der Waals surface area contributed by atoms with Gasteiger partial charge in [0.2, 0.25) is 0 Å². The van der Waals surface area contributed by atoms with Crippen molar-refractivity contribution in [1.29, 1.82) is 5.26 Å². The highest BCUT2D eigenvalue weighted by atomic mass is 16.5. The van der Waals surface area contributed by atoms with Crippen LogP contribution in [0.4, 0.5) is 0 Å². The number of hydrogen-bond donors (Lipinski definition) is 1. The lowest BCUT2D eigenvalue weighted by Gasteiger charge is -2.40. The molecule has 0 heterocycles. The number of nitrogens with one attached hydrogen (secondary N) is 1. The lowest BCUT2D eigenvalue weighted by atomic mass is 9.71. The lowest BCUT2D eigenvalue weighted by Crippen LogP contribution is -2.51. The van der Waals surface area contributed by atoms with E-state index in [2.05, 4.69) is 39.1 Å². The number of nitriles is 1. The van der Waals surface area contributed by atoms with Crippen LogP contribution in [-0.4, -0.2) is 24.8 Å². The van der Waals surface area contributed by atoms with Crippen LogP contribution in [0.3, 0.4) is 0 Å². The van der Waals surface area contributed by atoms with E-state index in [0.717, 1.165) is 38.1 Å². The van der Waals surface area contributed by atoms with Crippen molar-refractivity contribution in [2.75, 3.05) is 13.2 Å². The van der Waals surface area contributed by atoms with Gasteiger partial charge in [0.05, 0.1) is 18.8 Å². The maximum absolute atomic E-state index is 9.61. The van der Waals surface area contributed by atoms with E-state index in [1.165, 1.54) is 6.42 Å². The Balaban J connectivity index is 1.94. The Hall–Kier alpha value is -0.590. The molecule has 3 unspecified atom stereocenters. The summed E-state index contributed by atoms with van der Waals surface area (Å²) in [5.74, 6) is 1.21. The third-order valence-electron chi connectivity index (χ3n) is 4.86. The molecule has 0 aromatic carbocycles. The molecule has 2 fully saturated rings. The van der Waals surface area contributed by atoms with Gasteiger partial charge in [-0.2, -0.15) is 5.26 Å². The van der Waals surface area contributed by atoms with Crippen LogP contribution in [0.1, 0.15) is 59.8 Å². The molecule has 2 aliphatic carbocycles. The largest absolute Gasteiger partial charge is 0.375 e. The lowest BCUT2D eigenvalue weighted by molar-refractivity contribution is -0.0417. The minimum atomic E-state index is -0.445. The number of likely N-dealkylation sites (N-methyl/N-ethyl adjacent to an activating group) is 1. The summed E-state index contributed by atoms with van der Waals surface area (Å²) in [4.78, 5) is 0. The Bertz CT molecular complexity index is 370. The average molecular weight is 278 g/mol. The fourth-order valence-electron chi connectivity index (χ4n) is 4.00. The molecule has 0 saturated heterocycles. The number of hydrogen-bond acceptors (Lipinski definition) is 3. The van der Waals surface area contributed by atoms with Crippen molar-refractivity contribution in [3.63, 3.8) is 0 Å². The maximum atomic E-state index is 9.61. The van der Waals surface area contributed by atoms with Crippen LogP contribution in [0.5, 0.6) is 0 Å². The molecule has 0 spiro atoms. The van der Waals surface area contributed by atoms with E-state index in [9.17, 15) is 5.26 Å². The second kappa shape index (κ2) is 6.03. The van der Waals surface area contributed by atoms with Crippen LogP contribution in [0.2, 0.25) is 0 Å².